The van der Waals surface area contributed by atoms with Gasteiger partial charge in [-0.1, -0.05) is 206 Å². The van der Waals surface area contributed by atoms with Gasteiger partial charge in [0.1, 0.15) is 5.52 Å². The van der Waals surface area contributed by atoms with Crippen molar-refractivity contribution < 1.29 is 18.3 Å². The van der Waals surface area contributed by atoms with E-state index in [-0.39, 0.29) is 5.56 Å². The molecule has 2 heterocycles. The topological polar surface area (TPSA) is 118 Å². The fourth-order valence-corrected chi connectivity index (χ4v) is 9.69. The highest BCUT2D eigenvalue weighted by atomic mass is 31.2. The maximum Gasteiger partial charge on any atom is 0.330 e. The highest BCUT2D eigenvalue weighted by Crippen LogP contribution is 2.49. The van der Waals surface area contributed by atoms with Crippen LogP contribution < -0.4 is 10.9 Å². The van der Waals surface area contributed by atoms with Crippen molar-refractivity contribution in [3.8, 4) is 0 Å². The zero-order valence-electron chi connectivity index (χ0n) is 38.6. The Morgan fingerprint density at radius 1 is 0.525 bits per heavy atom. The monoisotopic (exact) mass is 849 g/mol. The molecular formula is C49H93N4O5P. The molecule has 0 radical (unpaired) electrons. The minimum absolute atomic E-state index is 0.175. The number of aromatic amines is 2. The third kappa shape index (κ3) is 30.2. The van der Waals surface area contributed by atoms with Crippen molar-refractivity contribution in [2.45, 2.75) is 239 Å². The number of aromatic nitrogens is 3. The first-order chi connectivity index (χ1) is 29.1. The molecule has 59 heavy (non-hydrogen) atoms. The minimum Gasteiger partial charge on any atom is -0.381 e. The van der Waals surface area contributed by atoms with Crippen LogP contribution in [0, 0.1) is 0 Å². The van der Waals surface area contributed by atoms with E-state index in [1.807, 2.05) is 6.20 Å². The van der Waals surface area contributed by atoms with Gasteiger partial charge in [-0.05, 0) is 32.2 Å². The second kappa shape index (κ2) is 39.3. The van der Waals surface area contributed by atoms with Crippen LogP contribution in [0.25, 0.3) is 11.0 Å². The van der Waals surface area contributed by atoms with Crippen LogP contribution in [0.15, 0.2) is 17.3 Å². The van der Waals surface area contributed by atoms with Crippen molar-refractivity contribution in [3.63, 3.8) is 0 Å². The number of nitrogens with zero attached hydrogens (tertiary/aromatic N) is 1. The van der Waals surface area contributed by atoms with Gasteiger partial charge in [-0.2, -0.15) is 0 Å². The van der Waals surface area contributed by atoms with Crippen LogP contribution in [-0.4, -0.2) is 54.1 Å². The van der Waals surface area contributed by atoms with Crippen LogP contribution >= 0.6 is 7.60 Å². The SMILES string of the molecule is CCCCCCCCCCCCCCCCCCOCCCOP(=O)(CCCNCc1c[nH]c2c(=O)[nH]cnc12)OCCCCCCCCCCCCCCCCCC. The average Bonchev–Trinajstić information content (AvgIpc) is 3.66. The van der Waals surface area contributed by atoms with Crippen LogP contribution in [-0.2, 0) is 24.9 Å². The number of hydrogen-bond acceptors (Lipinski definition) is 7. The minimum atomic E-state index is -3.21. The molecule has 2 rings (SSSR count). The summed E-state index contributed by atoms with van der Waals surface area (Å²) in [4.78, 5) is 21.9. The average molecular weight is 849 g/mol. The Kier molecular flexibility index (Phi) is 35.8. The van der Waals surface area contributed by atoms with E-state index in [0.717, 1.165) is 37.9 Å². The summed E-state index contributed by atoms with van der Waals surface area (Å²) in [5, 5.41) is 3.40. The molecule has 10 heteroatoms. The van der Waals surface area contributed by atoms with E-state index < -0.39 is 7.60 Å². The van der Waals surface area contributed by atoms with E-state index in [9.17, 15) is 9.36 Å². The van der Waals surface area contributed by atoms with Crippen LogP contribution in [0.5, 0.6) is 0 Å². The molecule has 0 spiro atoms. The fourth-order valence-electron chi connectivity index (χ4n) is 8.00. The third-order valence-electron chi connectivity index (χ3n) is 11.8. The second-order valence-corrected chi connectivity index (χ2v) is 19.6. The molecule has 0 aliphatic rings. The van der Waals surface area contributed by atoms with Gasteiger partial charge in [0.2, 0.25) is 0 Å². The first kappa shape index (κ1) is 53.6. The maximum atomic E-state index is 13.8. The third-order valence-corrected chi connectivity index (χ3v) is 13.8. The standard InChI is InChI=1S/C49H93N4O5P/c1-3-5-7-9-11-13-15-17-19-21-23-25-27-29-31-33-38-56-39-36-41-58-59(55,42-35-37-50-43-46-44-51-48-47(46)52-45-53-49(48)54)57-40-34-32-30-28-26-24-22-20-18-16-14-12-10-8-6-4-2/h44-45,50-51H,3-43H2,1-2H3,(H,52,53,54). The smallest absolute Gasteiger partial charge is 0.330 e. The molecule has 3 N–H and O–H groups in total. The molecule has 9 nitrogen and oxygen atoms in total. The lowest BCUT2D eigenvalue weighted by atomic mass is 10.0. The molecule has 0 aliphatic heterocycles. The van der Waals surface area contributed by atoms with Gasteiger partial charge in [-0.3, -0.25) is 9.36 Å². The summed E-state index contributed by atoms with van der Waals surface area (Å²) in [5.41, 5.74) is 1.92. The highest BCUT2D eigenvalue weighted by molar-refractivity contribution is 7.53. The number of unbranched alkanes of at least 4 members (excludes halogenated alkanes) is 30. The first-order valence-corrected chi connectivity index (χ1v) is 27.0. The molecule has 0 fully saturated rings. The van der Waals surface area contributed by atoms with E-state index in [2.05, 4.69) is 34.1 Å². The van der Waals surface area contributed by atoms with Crippen molar-refractivity contribution >= 4 is 18.6 Å². The summed E-state index contributed by atoms with van der Waals surface area (Å²) >= 11 is 0. The van der Waals surface area contributed by atoms with Gasteiger partial charge in [-0.25, -0.2) is 4.98 Å². The normalized spacial score (nSPS) is 12.8. The summed E-state index contributed by atoms with van der Waals surface area (Å²) in [7, 11) is -3.21. The zero-order valence-corrected chi connectivity index (χ0v) is 39.5. The van der Waals surface area contributed by atoms with Gasteiger partial charge < -0.3 is 29.1 Å². The lowest BCUT2D eigenvalue weighted by Crippen LogP contribution is -2.17. The number of fused-ring (bicyclic) bond motifs is 1. The van der Waals surface area contributed by atoms with Crippen LogP contribution in [0.2, 0.25) is 0 Å². The molecule has 0 saturated heterocycles. The van der Waals surface area contributed by atoms with Crippen LogP contribution in [0.3, 0.4) is 0 Å². The Bertz CT molecular complexity index is 1300. The molecule has 0 aromatic carbocycles. The van der Waals surface area contributed by atoms with Gasteiger partial charge in [-0.15, -0.1) is 0 Å². The van der Waals surface area contributed by atoms with Crippen molar-refractivity contribution in [1.29, 1.82) is 0 Å². The Hall–Kier alpha value is -1.51. The summed E-state index contributed by atoms with van der Waals surface area (Å²) < 4.78 is 31.7. The molecule has 0 amide bonds. The lowest BCUT2D eigenvalue weighted by molar-refractivity contribution is 0.111. The molecule has 0 saturated carbocycles. The Morgan fingerprint density at radius 3 is 1.41 bits per heavy atom. The number of H-pyrrole nitrogens is 2. The zero-order chi connectivity index (χ0) is 42.2. The summed E-state index contributed by atoms with van der Waals surface area (Å²) in [6.07, 6.45) is 48.1. The number of rotatable bonds is 46. The van der Waals surface area contributed by atoms with Gasteiger partial charge in [0, 0.05) is 31.5 Å². The van der Waals surface area contributed by atoms with Crippen molar-refractivity contribution in [2.75, 3.05) is 39.1 Å². The molecule has 2 aromatic rings. The molecule has 1 atom stereocenters. The number of ether oxygens (including phenoxy) is 1. The second-order valence-electron chi connectivity index (χ2n) is 17.4. The summed E-state index contributed by atoms with van der Waals surface area (Å²) in [5.74, 6) is 0. The lowest BCUT2D eigenvalue weighted by Gasteiger charge is -2.19. The molecule has 0 aliphatic carbocycles. The summed E-state index contributed by atoms with van der Waals surface area (Å²) in [6.45, 7) is 8.09. The highest BCUT2D eigenvalue weighted by Gasteiger charge is 2.24. The molecule has 0 bridgehead atoms. The predicted molar refractivity (Wildman–Crippen MR) is 252 cm³/mol. The number of nitrogens with one attached hydrogen (secondary N) is 3. The van der Waals surface area contributed by atoms with Crippen LogP contribution in [0.4, 0.5) is 0 Å². The van der Waals surface area contributed by atoms with Gasteiger partial charge in [0.15, 0.2) is 0 Å². The Labute approximate surface area is 362 Å². The van der Waals surface area contributed by atoms with Gasteiger partial charge >= 0.3 is 7.60 Å². The molecule has 344 valence electrons. The van der Waals surface area contributed by atoms with E-state index >= 15 is 0 Å². The van der Waals surface area contributed by atoms with Crippen LogP contribution in [0.1, 0.15) is 238 Å². The van der Waals surface area contributed by atoms with E-state index in [1.54, 1.807) is 0 Å². The van der Waals surface area contributed by atoms with E-state index in [0.29, 0.717) is 56.5 Å². The Morgan fingerprint density at radius 2 is 0.932 bits per heavy atom. The maximum absolute atomic E-state index is 13.8. The van der Waals surface area contributed by atoms with E-state index in [4.69, 9.17) is 13.8 Å². The summed E-state index contributed by atoms with van der Waals surface area (Å²) in [6, 6.07) is 0. The number of hydrogen-bond donors (Lipinski definition) is 3. The van der Waals surface area contributed by atoms with E-state index in [1.165, 1.54) is 193 Å². The van der Waals surface area contributed by atoms with Crippen molar-refractivity contribution in [2.24, 2.45) is 0 Å². The fraction of sp³-hybridized carbons (Fsp3) is 0.878. The van der Waals surface area contributed by atoms with Crippen molar-refractivity contribution in [3.05, 3.63) is 28.4 Å². The molecular weight excluding hydrogens is 756 g/mol. The molecule has 2 aromatic heterocycles. The quantitative estimate of drug-likeness (QED) is 0.0448. The largest absolute Gasteiger partial charge is 0.381 e. The first-order valence-electron chi connectivity index (χ1n) is 25.3. The Balaban J connectivity index is 1.52. The molecule has 1 unspecified atom stereocenters. The van der Waals surface area contributed by atoms with Gasteiger partial charge in [0.25, 0.3) is 5.56 Å². The predicted octanol–water partition coefficient (Wildman–Crippen LogP) is 14.9. The van der Waals surface area contributed by atoms with Gasteiger partial charge in [0.05, 0.1) is 31.2 Å². The van der Waals surface area contributed by atoms with Crippen molar-refractivity contribution in [1.82, 2.24) is 20.3 Å².